The predicted molar refractivity (Wildman–Crippen MR) is 96.6 cm³/mol. The molecule has 1 aromatic heterocycles. The Labute approximate surface area is 158 Å². The van der Waals surface area contributed by atoms with Gasteiger partial charge in [-0.2, -0.15) is 15.0 Å². The number of aldehydes is 2. The molecule has 0 unspecified atom stereocenters. The Kier molecular flexibility index (Phi) is 10.8. The molecule has 0 radical (unpaired) electrons. The highest BCUT2D eigenvalue weighted by Crippen LogP contribution is 2.19. The van der Waals surface area contributed by atoms with Crippen molar-refractivity contribution >= 4 is 30.4 Å². The molecule has 12 heteroatoms. The van der Waals surface area contributed by atoms with Gasteiger partial charge in [0.25, 0.3) is 0 Å². The van der Waals surface area contributed by atoms with E-state index >= 15 is 0 Å². The first-order valence-electron chi connectivity index (χ1n) is 7.99. The van der Waals surface area contributed by atoms with Gasteiger partial charge in [0.05, 0.1) is 13.1 Å². The van der Waals surface area contributed by atoms with Crippen LogP contribution < -0.4 is 14.7 Å². The van der Waals surface area contributed by atoms with Crippen LogP contribution in [0.1, 0.15) is 0 Å². The minimum atomic E-state index is -0.0508. The van der Waals surface area contributed by atoms with Crippen LogP contribution in [0.5, 0.6) is 0 Å². The summed E-state index contributed by atoms with van der Waals surface area (Å²) in [7, 11) is 6.11. The third kappa shape index (κ3) is 7.02. The van der Waals surface area contributed by atoms with Crippen LogP contribution in [0, 0.1) is 0 Å². The fourth-order valence-corrected chi connectivity index (χ4v) is 2.11. The number of carbonyl (C=O) groups excluding carboxylic acids is 2. The lowest BCUT2D eigenvalue weighted by Gasteiger charge is -2.26. The summed E-state index contributed by atoms with van der Waals surface area (Å²) in [5.41, 5.74) is 0. The Balaban J connectivity index is 3.42. The molecule has 0 aliphatic carbocycles. The highest BCUT2D eigenvalue weighted by Gasteiger charge is 2.20. The number of carbonyl (C=O) groups is 2. The molecule has 27 heavy (non-hydrogen) atoms. The number of hydrogen-bond acceptors (Lipinski definition) is 12. The number of ether oxygens (including phenoxy) is 4. The number of anilines is 3. The molecule has 0 fully saturated rings. The summed E-state index contributed by atoms with van der Waals surface area (Å²) >= 11 is 0. The van der Waals surface area contributed by atoms with Crippen LogP contribution in [0.15, 0.2) is 0 Å². The molecule has 1 rings (SSSR count). The molecule has 1 heterocycles. The van der Waals surface area contributed by atoms with E-state index in [4.69, 9.17) is 18.9 Å². The Hall–Kier alpha value is -2.41. The fourth-order valence-electron chi connectivity index (χ4n) is 2.11. The van der Waals surface area contributed by atoms with Gasteiger partial charge < -0.3 is 33.4 Å². The molecule has 0 bridgehead atoms. The van der Waals surface area contributed by atoms with Crippen molar-refractivity contribution in [3.63, 3.8) is 0 Å². The van der Waals surface area contributed by atoms with Gasteiger partial charge in [-0.15, -0.1) is 0 Å². The van der Waals surface area contributed by atoms with E-state index < -0.39 is 0 Å². The van der Waals surface area contributed by atoms with Gasteiger partial charge in [0.1, 0.15) is 39.5 Å². The molecule has 0 aromatic carbocycles. The Morgan fingerprint density at radius 1 is 0.630 bits per heavy atom. The molecule has 0 saturated carbocycles. The smallest absolute Gasteiger partial charge is 0.235 e. The molecule has 0 spiro atoms. The summed E-state index contributed by atoms with van der Waals surface area (Å²) in [4.78, 5) is 39.7. The topological polar surface area (TPSA) is 119 Å². The van der Waals surface area contributed by atoms with Crippen molar-refractivity contribution in [1.82, 2.24) is 15.0 Å². The Morgan fingerprint density at radius 2 is 0.926 bits per heavy atom. The van der Waals surface area contributed by atoms with E-state index in [2.05, 4.69) is 15.0 Å². The van der Waals surface area contributed by atoms with E-state index in [9.17, 15) is 9.59 Å². The summed E-state index contributed by atoms with van der Waals surface area (Å²) in [5, 5.41) is 0. The number of nitrogens with zero attached hydrogens (tertiary/aromatic N) is 6. The molecule has 12 nitrogen and oxygen atoms in total. The molecular weight excluding hydrogens is 360 g/mol. The Bertz CT molecular complexity index is 521. The maximum Gasteiger partial charge on any atom is 0.235 e. The van der Waals surface area contributed by atoms with Crippen molar-refractivity contribution in [2.75, 3.05) is 83.2 Å². The second-order valence-electron chi connectivity index (χ2n) is 5.22. The molecule has 0 atom stereocenters. The van der Waals surface area contributed by atoms with Gasteiger partial charge in [0.2, 0.25) is 17.8 Å². The Morgan fingerprint density at radius 3 is 1.19 bits per heavy atom. The van der Waals surface area contributed by atoms with Crippen LogP contribution in [0.25, 0.3) is 0 Å². The van der Waals surface area contributed by atoms with Gasteiger partial charge in [-0.3, -0.25) is 9.80 Å². The quantitative estimate of drug-likeness (QED) is 0.274. The van der Waals surface area contributed by atoms with Crippen LogP contribution in [0.4, 0.5) is 17.8 Å². The first-order valence-corrected chi connectivity index (χ1v) is 7.99. The van der Waals surface area contributed by atoms with Gasteiger partial charge in [-0.25, -0.2) is 0 Å². The van der Waals surface area contributed by atoms with E-state index in [0.29, 0.717) is 12.6 Å². The van der Waals surface area contributed by atoms with E-state index in [1.165, 1.54) is 33.3 Å². The molecule has 1 aromatic rings. The largest absolute Gasteiger partial charge is 0.364 e. The van der Waals surface area contributed by atoms with Gasteiger partial charge in [-0.05, 0) is 0 Å². The van der Waals surface area contributed by atoms with Gasteiger partial charge in [-0.1, -0.05) is 0 Å². The highest BCUT2D eigenvalue weighted by atomic mass is 16.5. The molecule has 152 valence electrons. The van der Waals surface area contributed by atoms with Gasteiger partial charge >= 0.3 is 0 Å². The number of aromatic nitrogens is 3. The van der Waals surface area contributed by atoms with Crippen molar-refractivity contribution < 1.29 is 28.5 Å². The van der Waals surface area contributed by atoms with Crippen molar-refractivity contribution in [1.29, 1.82) is 0 Å². The van der Waals surface area contributed by atoms with Gasteiger partial charge in [0.15, 0.2) is 0 Å². The third-order valence-electron chi connectivity index (χ3n) is 3.18. The standard InChI is InChI=1S/C15H26N6O6/c1-24-9-20(10-25-2)14-16-13(19(5-7-22)6-8-23)17-15(18-14)21(11-26-3)12-27-4/h7-8H,5-6,9-12H2,1-4H3. The van der Waals surface area contributed by atoms with Crippen molar-refractivity contribution in [2.24, 2.45) is 0 Å². The summed E-state index contributed by atoms with van der Waals surface area (Å²) in [5.74, 6) is 0.652. The van der Waals surface area contributed by atoms with Crippen LogP contribution in [-0.4, -0.2) is 96.0 Å². The van der Waals surface area contributed by atoms with Gasteiger partial charge in [0, 0.05) is 28.4 Å². The zero-order chi connectivity index (χ0) is 20.1. The van der Waals surface area contributed by atoms with E-state index in [0.717, 1.165) is 0 Å². The van der Waals surface area contributed by atoms with E-state index in [1.807, 2.05) is 0 Å². The SMILES string of the molecule is COCN(COC)c1nc(N(CC=O)CC=O)nc(N(COC)COC)n1. The van der Waals surface area contributed by atoms with Crippen LogP contribution in [-0.2, 0) is 28.5 Å². The lowest BCUT2D eigenvalue weighted by Crippen LogP contribution is -2.35. The summed E-state index contributed by atoms with van der Waals surface area (Å²) in [6.07, 6.45) is 1.33. The monoisotopic (exact) mass is 386 g/mol. The second-order valence-corrected chi connectivity index (χ2v) is 5.22. The molecule has 0 saturated heterocycles. The summed E-state index contributed by atoms with van der Waals surface area (Å²) < 4.78 is 20.6. The maximum atomic E-state index is 11.0. The highest BCUT2D eigenvalue weighted by molar-refractivity contribution is 5.65. The lowest BCUT2D eigenvalue weighted by atomic mass is 10.5. The number of hydrogen-bond donors (Lipinski definition) is 0. The van der Waals surface area contributed by atoms with Crippen molar-refractivity contribution in [3.8, 4) is 0 Å². The molecule has 0 aliphatic heterocycles. The van der Waals surface area contributed by atoms with Crippen LogP contribution >= 0.6 is 0 Å². The maximum absolute atomic E-state index is 11.0. The average molecular weight is 386 g/mol. The first kappa shape index (κ1) is 22.6. The minimum absolute atomic E-state index is 0.0508. The van der Waals surface area contributed by atoms with Crippen molar-refractivity contribution in [3.05, 3.63) is 0 Å². The average Bonchev–Trinajstić information content (AvgIpc) is 2.67. The van der Waals surface area contributed by atoms with E-state index in [1.54, 1.807) is 9.80 Å². The van der Waals surface area contributed by atoms with Crippen LogP contribution in [0.3, 0.4) is 0 Å². The third-order valence-corrected chi connectivity index (χ3v) is 3.18. The number of methoxy groups -OCH3 is 4. The normalized spacial score (nSPS) is 10.5. The molecule has 0 amide bonds. The van der Waals surface area contributed by atoms with Crippen LogP contribution in [0.2, 0.25) is 0 Å². The summed E-state index contributed by atoms with van der Waals surface area (Å²) in [6, 6.07) is 0. The lowest BCUT2D eigenvalue weighted by molar-refractivity contribution is -0.107. The van der Waals surface area contributed by atoms with Crippen molar-refractivity contribution in [2.45, 2.75) is 0 Å². The first-order chi connectivity index (χ1) is 13.1. The zero-order valence-electron chi connectivity index (χ0n) is 16.0. The van der Waals surface area contributed by atoms with E-state index in [-0.39, 0.29) is 57.9 Å². The minimum Gasteiger partial charge on any atom is -0.364 e. The predicted octanol–water partition coefficient (Wildman–Crippen LogP) is -0.896. The fraction of sp³-hybridized carbons (Fsp3) is 0.667. The molecule has 0 N–H and O–H groups in total. The molecule has 0 aliphatic rings. The zero-order valence-corrected chi connectivity index (χ0v) is 16.0. The number of rotatable bonds is 15. The second kappa shape index (κ2) is 12.9. The molecular formula is C15H26N6O6. The summed E-state index contributed by atoms with van der Waals surface area (Å²) in [6.45, 7) is 0.536.